The number of halogens is 1. The van der Waals surface area contributed by atoms with Gasteiger partial charge in [0.15, 0.2) is 0 Å². The topological polar surface area (TPSA) is 27.0 Å². The minimum atomic E-state index is 0.228. The molecular formula is C13H17ClN2. The van der Waals surface area contributed by atoms with E-state index in [2.05, 4.69) is 30.0 Å². The molecule has 0 fully saturated rings. The van der Waals surface area contributed by atoms with Crippen LogP contribution in [0.2, 0.25) is 0 Å². The normalized spacial score (nSPS) is 11.9. The van der Waals surface area contributed by atoms with Crippen LogP contribution in [0.4, 0.5) is 5.69 Å². The lowest BCUT2D eigenvalue weighted by molar-refractivity contribution is 0.702. The summed E-state index contributed by atoms with van der Waals surface area (Å²) >= 11 is 5.82. The van der Waals surface area contributed by atoms with E-state index in [1.54, 1.807) is 0 Å². The highest BCUT2D eigenvalue weighted by molar-refractivity contribution is 6.17. The molecule has 0 amide bonds. The average molecular weight is 237 g/mol. The van der Waals surface area contributed by atoms with Gasteiger partial charge in [-0.1, -0.05) is 6.07 Å². The summed E-state index contributed by atoms with van der Waals surface area (Å²) in [7, 11) is 2.01. The van der Waals surface area contributed by atoms with Crippen LogP contribution in [0.5, 0.6) is 0 Å². The van der Waals surface area contributed by atoms with E-state index in [0.29, 0.717) is 12.3 Å². The quantitative estimate of drug-likeness (QED) is 0.749. The Kier molecular flexibility index (Phi) is 4.64. The number of hydrogen-bond donors (Lipinski definition) is 0. The highest BCUT2D eigenvalue weighted by Crippen LogP contribution is 2.21. The summed E-state index contributed by atoms with van der Waals surface area (Å²) in [5.74, 6) is 0.545. The van der Waals surface area contributed by atoms with Gasteiger partial charge in [0.1, 0.15) is 0 Å². The molecule has 0 aliphatic rings. The molecule has 0 radical (unpaired) electrons. The van der Waals surface area contributed by atoms with Gasteiger partial charge >= 0.3 is 0 Å². The molecule has 1 aromatic rings. The summed E-state index contributed by atoms with van der Waals surface area (Å²) in [6.45, 7) is 4.11. The lowest BCUT2D eigenvalue weighted by Crippen LogP contribution is -2.28. The Morgan fingerprint density at radius 2 is 2.19 bits per heavy atom. The second-order valence-corrected chi connectivity index (χ2v) is 4.33. The average Bonchev–Trinajstić information content (AvgIpc) is 2.28. The van der Waals surface area contributed by atoms with E-state index in [1.807, 2.05) is 20.0 Å². The molecule has 3 heteroatoms. The summed E-state index contributed by atoms with van der Waals surface area (Å²) in [6, 6.07) is 8.64. The van der Waals surface area contributed by atoms with E-state index in [1.165, 1.54) is 5.56 Å². The lowest BCUT2D eigenvalue weighted by Gasteiger charge is -2.25. The van der Waals surface area contributed by atoms with Crippen molar-refractivity contribution in [1.82, 2.24) is 0 Å². The molecule has 0 N–H and O–H groups in total. The molecule has 0 bridgehead atoms. The Morgan fingerprint density at radius 3 is 2.69 bits per heavy atom. The first-order valence-corrected chi connectivity index (χ1v) is 5.89. The zero-order chi connectivity index (χ0) is 12.1. The molecule has 1 atom stereocenters. The monoisotopic (exact) mass is 236 g/mol. The minimum Gasteiger partial charge on any atom is -0.371 e. The first kappa shape index (κ1) is 12.9. The predicted octanol–water partition coefficient (Wildman–Crippen LogP) is 3.47. The van der Waals surface area contributed by atoms with Gasteiger partial charge in [0.25, 0.3) is 0 Å². The Labute approximate surface area is 102 Å². The fourth-order valence-electron chi connectivity index (χ4n) is 1.57. The molecule has 0 aromatic heterocycles. The first-order valence-electron chi connectivity index (χ1n) is 5.35. The number of aryl methyl sites for hydroxylation is 1. The maximum absolute atomic E-state index is 8.68. The second kappa shape index (κ2) is 5.77. The van der Waals surface area contributed by atoms with Crippen LogP contribution in [-0.2, 0) is 5.88 Å². The largest absolute Gasteiger partial charge is 0.371 e. The van der Waals surface area contributed by atoms with Gasteiger partial charge in [0, 0.05) is 24.7 Å². The van der Waals surface area contributed by atoms with E-state index in [0.717, 1.165) is 11.3 Å². The van der Waals surface area contributed by atoms with Gasteiger partial charge in [0.2, 0.25) is 0 Å². The van der Waals surface area contributed by atoms with Crippen molar-refractivity contribution in [1.29, 1.82) is 5.26 Å². The van der Waals surface area contributed by atoms with Gasteiger partial charge in [-0.15, -0.1) is 11.6 Å². The van der Waals surface area contributed by atoms with Crippen LogP contribution in [0, 0.1) is 18.3 Å². The number of benzene rings is 1. The van der Waals surface area contributed by atoms with Crippen molar-refractivity contribution in [2.24, 2.45) is 0 Å². The third-order valence-electron chi connectivity index (χ3n) is 2.93. The molecule has 0 aliphatic carbocycles. The molecule has 16 heavy (non-hydrogen) atoms. The van der Waals surface area contributed by atoms with E-state index in [4.69, 9.17) is 16.9 Å². The number of hydrogen-bond acceptors (Lipinski definition) is 2. The van der Waals surface area contributed by atoms with Crippen LogP contribution in [-0.4, -0.2) is 13.1 Å². The van der Waals surface area contributed by atoms with Crippen LogP contribution in [0.15, 0.2) is 18.2 Å². The number of nitrogens with zero attached hydrogens (tertiary/aromatic N) is 2. The lowest BCUT2D eigenvalue weighted by atomic mass is 10.1. The molecule has 0 saturated carbocycles. The minimum absolute atomic E-state index is 0.228. The third kappa shape index (κ3) is 2.90. The van der Waals surface area contributed by atoms with E-state index < -0.39 is 0 Å². The number of anilines is 1. The van der Waals surface area contributed by atoms with Crippen LogP contribution < -0.4 is 4.90 Å². The van der Waals surface area contributed by atoms with Gasteiger partial charge < -0.3 is 4.90 Å². The van der Waals surface area contributed by atoms with Crippen LogP contribution >= 0.6 is 11.6 Å². The van der Waals surface area contributed by atoms with Crippen molar-refractivity contribution < 1.29 is 0 Å². The standard InChI is InChI=1S/C13H17ClN2/c1-10-8-13(5-4-12(10)9-14)16(3)11(2)6-7-15/h4-5,8,11H,6,9H2,1-3H3. The fourth-order valence-corrected chi connectivity index (χ4v) is 1.87. The summed E-state index contributed by atoms with van der Waals surface area (Å²) in [4.78, 5) is 2.12. The molecule has 0 spiro atoms. The van der Waals surface area contributed by atoms with Gasteiger partial charge in [-0.05, 0) is 37.1 Å². The summed E-state index contributed by atoms with van der Waals surface area (Å²) in [6.07, 6.45) is 0.535. The Balaban J connectivity index is 2.89. The van der Waals surface area contributed by atoms with Crippen LogP contribution in [0.1, 0.15) is 24.5 Å². The van der Waals surface area contributed by atoms with Crippen molar-refractivity contribution in [3.05, 3.63) is 29.3 Å². The molecule has 1 rings (SSSR count). The second-order valence-electron chi connectivity index (χ2n) is 4.07. The summed E-state index contributed by atoms with van der Waals surface area (Å²) < 4.78 is 0. The number of nitriles is 1. The van der Waals surface area contributed by atoms with Crippen molar-refractivity contribution in [3.63, 3.8) is 0 Å². The Hall–Kier alpha value is -1.20. The Bertz CT molecular complexity index is 395. The van der Waals surface area contributed by atoms with Gasteiger partial charge in [-0.3, -0.25) is 0 Å². The highest BCUT2D eigenvalue weighted by atomic mass is 35.5. The van der Waals surface area contributed by atoms with Crippen molar-refractivity contribution in [3.8, 4) is 6.07 Å². The number of rotatable bonds is 4. The molecule has 0 heterocycles. The maximum Gasteiger partial charge on any atom is 0.0643 e. The molecule has 86 valence electrons. The number of alkyl halides is 1. The SMILES string of the molecule is Cc1cc(N(C)C(C)CC#N)ccc1CCl. The van der Waals surface area contributed by atoms with Gasteiger partial charge in [-0.25, -0.2) is 0 Å². The molecule has 0 saturated heterocycles. The molecule has 1 aromatic carbocycles. The molecule has 1 unspecified atom stereocenters. The summed E-state index contributed by atoms with van der Waals surface area (Å²) in [5, 5.41) is 8.68. The zero-order valence-corrected chi connectivity index (χ0v) is 10.8. The smallest absolute Gasteiger partial charge is 0.0643 e. The molecule has 2 nitrogen and oxygen atoms in total. The van der Waals surface area contributed by atoms with E-state index >= 15 is 0 Å². The van der Waals surface area contributed by atoms with Gasteiger partial charge in [-0.2, -0.15) is 5.26 Å². The Morgan fingerprint density at radius 1 is 1.50 bits per heavy atom. The van der Waals surface area contributed by atoms with Crippen molar-refractivity contribution in [2.75, 3.05) is 11.9 Å². The summed E-state index contributed by atoms with van der Waals surface area (Å²) in [5.41, 5.74) is 3.49. The van der Waals surface area contributed by atoms with Crippen LogP contribution in [0.3, 0.4) is 0 Å². The first-order chi connectivity index (χ1) is 7.60. The van der Waals surface area contributed by atoms with Crippen molar-refractivity contribution >= 4 is 17.3 Å². The molecular weight excluding hydrogens is 220 g/mol. The van der Waals surface area contributed by atoms with Gasteiger partial charge in [0.05, 0.1) is 12.5 Å². The van der Waals surface area contributed by atoms with Crippen molar-refractivity contribution in [2.45, 2.75) is 32.2 Å². The third-order valence-corrected chi connectivity index (χ3v) is 3.21. The van der Waals surface area contributed by atoms with E-state index in [9.17, 15) is 0 Å². The zero-order valence-electron chi connectivity index (χ0n) is 10.00. The maximum atomic E-state index is 8.68. The fraction of sp³-hybridized carbons (Fsp3) is 0.462. The predicted molar refractivity (Wildman–Crippen MR) is 68.8 cm³/mol. The van der Waals surface area contributed by atoms with E-state index in [-0.39, 0.29) is 6.04 Å². The van der Waals surface area contributed by atoms with Crippen LogP contribution in [0.25, 0.3) is 0 Å². The highest BCUT2D eigenvalue weighted by Gasteiger charge is 2.10. The molecule has 0 aliphatic heterocycles.